The molecular weight excluding hydrogens is 398 g/mol. The van der Waals surface area contributed by atoms with Crippen molar-refractivity contribution in [1.82, 2.24) is 14.8 Å². The minimum absolute atomic E-state index is 0.0911. The van der Waals surface area contributed by atoms with E-state index in [4.69, 9.17) is 15.6 Å². The molecule has 0 radical (unpaired) electrons. The molecule has 1 amide bonds. The summed E-state index contributed by atoms with van der Waals surface area (Å²) in [6.07, 6.45) is 1.79. The van der Waals surface area contributed by atoms with Gasteiger partial charge in [-0.05, 0) is 49.2 Å². The van der Waals surface area contributed by atoms with E-state index in [2.05, 4.69) is 30.2 Å². The summed E-state index contributed by atoms with van der Waals surface area (Å²) in [7, 11) is 1.96. The highest BCUT2D eigenvalue weighted by atomic mass is 32.2. The van der Waals surface area contributed by atoms with E-state index < -0.39 is 5.91 Å². The Morgan fingerprint density at radius 3 is 2.90 bits per heavy atom. The topological polar surface area (TPSA) is 95.1 Å². The van der Waals surface area contributed by atoms with E-state index in [-0.39, 0.29) is 11.9 Å². The van der Waals surface area contributed by atoms with Gasteiger partial charge in [0.25, 0.3) is 5.91 Å². The number of nitrogens with one attached hydrogen (secondary N) is 1. The molecule has 1 aromatic carbocycles. The average molecular weight is 424 g/mol. The van der Waals surface area contributed by atoms with E-state index in [0.29, 0.717) is 11.8 Å². The smallest absolute Gasteiger partial charge is 0.255 e. The van der Waals surface area contributed by atoms with Crippen LogP contribution in [0.25, 0.3) is 11.4 Å². The van der Waals surface area contributed by atoms with E-state index in [1.54, 1.807) is 6.20 Å². The molecule has 0 saturated carbocycles. The Morgan fingerprint density at radius 2 is 2.20 bits per heavy atom. The third kappa shape index (κ3) is 4.00. The minimum Gasteiger partial charge on any atom is -0.484 e. The van der Waals surface area contributed by atoms with E-state index in [1.807, 2.05) is 53.8 Å². The average Bonchev–Trinajstić information content (AvgIpc) is 2.93. The number of fused-ring (bicyclic) bond motifs is 1. The van der Waals surface area contributed by atoms with Crippen molar-refractivity contribution in [3.8, 4) is 17.1 Å². The van der Waals surface area contributed by atoms with Gasteiger partial charge in [-0.25, -0.2) is 0 Å². The lowest BCUT2D eigenvalue weighted by Gasteiger charge is -2.19. The van der Waals surface area contributed by atoms with E-state index in [1.165, 1.54) is 5.56 Å². The maximum Gasteiger partial charge on any atom is 0.255 e. The molecule has 0 aliphatic carbocycles. The van der Waals surface area contributed by atoms with Crippen LogP contribution in [-0.2, 0) is 11.8 Å². The molecule has 1 aliphatic heterocycles. The SMILES string of the molecule is Cc1cc(OCC(N)=O)ccc1C1SCC(C)Nc2c1c(-c1ccccn1)nn2C. The fourth-order valence-electron chi connectivity index (χ4n) is 3.68. The molecule has 8 heteroatoms. The van der Waals surface area contributed by atoms with Gasteiger partial charge in [0.15, 0.2) is 6.61 Å². The number of hydrogen-bond acceptors (Lipinski definition) is 6. The quantitative estimate of drug-likeness (QED) is 0.654. The molecular formula is C22H25N5O2S. The Morgan fingerprint density at radius 1 is 1.37 bits per heavy atom. The van der Waals surface area contributed by atoms with Gasteiger partial charge < -0.3 is 15.8 Å². The number of nitrogens with zero attached hydrogens (tertiary/aromatic N) is 3. The Labute approximate surface area is 180 Å². The number of aromatic nitrogens is 3. The number of hydrogen-bond donors (Lipinski definition) is 2. The first-order valence-corrected chi connectivity index (χ1v) is 10.9. The van der Waals surface area contributed by atoms with Crippen molar-refractivity contribution in [2.75, 3.05) is 17.7 Å². The maximum atomic E-state index is 11.0. The highest BCUT2D eigenvalue weighted by Crippen LogP contribution is 2.47. The molecule has 156 valence electrons. The van der Waals surface area contributed by atoms with Crippen LogP contribution in [-0.4, -0.2) is 39.1 Å². The molecule has 3 N–H and O–H groups in total. The molecule has 1 aliphatic rings. The van der Waals surface area contributed by atoms with Gasteiger partial charge >= 0.3 is 0 Å². The molecule has 2 unspecified atom stereocenters. The van der Waals surface area contributed by atoms with Crippen LogP contribution in [0.1, 0.15) is 28.9 Å². The first-order valence-electron chi connectivity index (χ1n) is 9.82. The standard InChI is InChI=1S/C22H25N5O2S/c1-13-10-15(29-11-18(23)28)7-8-16(13)21-19-20(17-6-4-5-9-24-17)26-27(3)22(19)25-14(2)12-30-21/h4-10,14,21,25H,11-12H2,1-3H3,(H2,23,28). The lowest BCUT2D eigenvalue weighted by molar-refractivity contribution is -0.119. The number of carbonyl (C=O) groups is 1. The van der Waals surface area contributed by atoms with E-state index >= 15 is 0 Å². The number of benzene rings is 1. The molecule has 2 aromatic heterocycles. The number of primary amides is 1. The number of amides is 1. The van der Waals surface area contributed by atoms with Gasteiger partial charge in [-0.1, -0.05) is 12.1 Å². The zero-order chi connectivity index (χ0) is 21.3. The van der Waals surface area contributed by atoms with Gasteiger partial charge in [0.2, 0.25) is 0 Å². The Balaban J connectivity index is 1.80. The van der Waals surface area contributed by atoms with Crippen molar-refractivity contribution in [3.63, 3.8) is 0 Å². The van der Waals surface area contributed by atoms with E-state index in [0.717, 1.165) is 34.1 Å². The summed E-state index contributed by atoms with van der Waals surface area (Å²) in [6.45, 7) is 4.11. The highest BCUT2D eigenvalue weighted by molar-refractivity contribution is 7.99. The molecule has 0 bridgehead atoms. The summed E-state index contributed by atoms with van der Waals surface area (Å²) in [5, 5.41) is 8.52. The van der Waals surface area contributed by atoms with Crippen molar-refractivity contribution in [2.45, 2.75) is 25.1 Å². The molecule has 30 heavy (non-hydrogen) atoms. The second-order valence-corrected chi connectivity index (χ2v) is 8.62. The van der Waals surface area contributed by atoms with Gasteiger partial charge in [-0.2, -0.15) is 5.10 Å². The number of ether oxygens (including phenoxy) is 1. The van der Waals surface area contributed by atoms with E-state index in [9.17, 15) is 4.79 Å². The first kappa shape index (κ1) is 20.3. The lowest BCUT2D eigenvalue weighted by Crippen LogP contribution is -2.20. The van der Waals surface area contributed by atoms with Crippen LogP contribution in [0.5, 0.6) is 5.75 Å². The monoisotopic (exact) mass is 423 g/mol. The van der Waals surface area contributed by atoms with Gasteiger partial charge in [0.05, 0.1) is 10.9 Å². The second-order valence-electron chi connectivity index (χ2n) is 7.48. The van der Waals surface area contributed by atoms with Crippen LogP contribution in [0, 0.1) is 6.92 Å². The fourth-order valence-corrected chi connectivity index (χ4v) is 5.08. The van der Waals surface area contributed by atoms with Crippen molar-refractivity contribution in [3.05, 3.63) is 59.3 Å². The predicted molar refractivity (Wildman–Crippen MR) is 120 cm³/mol. The molecule has 4 rings (SSSR count). The molecule has 0 saturated heterocycles. The Hall–Kier alpha value is -3.00. The fraction of sp³-hybridized carbons (Fsp3) is 0.318. The number of thioether (sulfide) groups is 1. The molecule has 7 nitrogen and oxygen atoms in total. The summed E-state index contributed by atoms with van der Waals surface area (Å²) in [4.78, 5) is 15.6. The normalized spacial score (nSPS) is 18.2. The largest absolute Gasteiger partial charge is 0.484 e. The summed E-state index contributed by atoms with van der Waals surface area (Å²) in [6, 6.07) is 12.1. The second kappa shape index (κ2) is 8.39. The molecule has 0 fully saturated rings. The Kier molecular flexibility index (Phi) is 5.67. The van der Waals surface area contributed by atoms with Crippen LogP contribution in [0.4, 0.5) is 5.82 Å². The minimum atomic E-state index is -0.490. The number of nitrogens with two attached hydrogens (primary N) is 1. The van der Waals surface area contributed by atoms with Crippen molar-refractivity contribution >= 4 is 23.5 Å². The lowest BCUT2D eigenvalue weighted by atomic mass is 9.98. The number of rotatable bonds is 5. The molecule has 3 aromatic rings. The highest BCUT2D eigenvalue weighted by Gasteiger charge is 2.32. The number of anilines is 1. The van der Waals surface area contributed by atoms with Crippen molar-refractivity contribution < 1.29 is 9.53 Å². The van der Waals surface area contributed by atoms with Gasteiger partial charge in [0.1, 0.15) is 17.3 Å². The maximum absolute atomic E-state index is 11.0. The van der Waals surface area contributed by atoms with Gasteiger partial charge in [-0.3, -0.25) is 14.5 Å². The number of pyridine rings is 1. The van der Waals surface area contributed by atoms with Crippen LogP contribution in [0.3, 0.4) is 0 Å². The zero-order valence-corrected chi connectivity index (χ0v) is 18.1. The van der Waals surface area contributed by atoms with Crippen LogP contribution in [0.2, 0.25) is 0 Å². The summed E-state index contributed by atoms with van der Waals surface area (Å²) in [5.74, 6) is 2.12. The van der Waals surface area contributed by atoms with Crippen LogP contribution < -0.4 is 15.8 Å². The molecule has 2 atom stereocenters. The van der Waals surface area contributed by atoms with Crippen LogP contribution >= 0.6 is 11.8 Å². The molecule has 0 spiro atoms. The van der Waals surface area contributed by atoms with Crippen molar-refractivity contribution in [1.29, 1.82) is 0 Å². The summed E-state index contributed by atoms with van der Waals surface area (Å²) in [5.41, 5.74) is 10.4. The zero-order valence-electron chi connectivity index (χ0n) is 17.3. The summed E-state index contributed by atoms with van der Waals surface area (Å²) >= 11 is 1.89. The van der Waals surface area contributed by atoms with Gasteiger partial charge in [0, 0.05) is 30.6 Å². The Bertz CT molecular complexity index is 1070. The summed E-state index contributed by atoms with van der Waals surface area (Å²) < 4.78 is 7.39. The predicted octanol–water partition coefficient (Wildman–Crippen LogP) is 3.29. The van der Waals surface area contributed by atoms with Crippen LogP contribution in [0.15, 0.2) is 42.6 Å². The third-order valence-corrected chi connectivity index (χ3v) is 6.57. The van der Waals surface area contributed by atoms with Gasteiger partial charge in [-0.15, -0.1) is 11.8 Å². The molecule has 3 heterocycles. The third-order valence-electron chi connectivity index (χ3n) is 5.05. The van der Waals surface area contributed by atoms with Crippen molar-refractivity contribution in [2.24, 2.45) is 12.8 Å². The number of carbonyl (C=O) groups excluding carboxylic acids is 1. The first-order chi connectivity index (χ1) is 14.4. The number of aryl methyl sites for hydroxylation is 2.